The fraction of sp³-hybridized carbons (Fsp3) is 0.400. The predicted octanol–water partition coefficient (Wildman–Crippen LogP) is 1.69. The minimum atomic E-state index is -0.945. The van der Waals surface area contributed by atoms with Gasteiger partial charge in [-0.1, -0.05) is 22.0 Å². The molecule has 0 aliphatic carbocycles. The normalized spacial score (nSPS) is 10.0. The molecular weight excluding hydrogens is 366 g/mol. The zero-order chi connectivity index (χ0) is 17.2. The first-order chi connectivity index (χ1) is 10.9. The Morgan fingerprint density at radius 1 is 1.22 bits per heavy atom. The van der Waals surface area contributed by atoms with Crippen LogP contribution in [0.15, 0.2) is 28.7 Å². The van der Waals surface area contributed by atoms with Crippen molar-refractivity contribution in [1.82, 2.24) is 15.5 Å². The summed E-state index contributed by atoms with van der Waals surface area (Å²) in [6.45, 7) is 0.986. The van der Waals surface area contributed by atoms with E-state index in [1.165, 1.54) is 11.9 Å². The van der Waals surface area contributed by atoms with Crippen molar-refractivity contribution >= 4 is 33.8 Å². The van der Waals surface area contributed by atoms with E-state index >= 15 is 0 Å². The van der Waals surface area contributed by atoms with Crippen molar-refractivity contribution in [1.29, 1.82) is 0 Å². The minimum Gasteiger partial charge on any atom is -0.481 e. The summed E-state index contributed by atoms with van der Waals surface area (Å²) in [5.41, 5.74) is 0.566. The molecule has 0 bridgehead atoms. The second kappa shape index (κ2) is 9.83. The van der Waals surface area contributed by atoms with E-state index in [-0.39, 0.29) is 24.9 Å². The van der Waals surface area contributed by atoms with Crippen molar-refractivity contribution in [3.63, 3.8) is 0 Å². The largest absolute Gasteiger partial charge is 0.481 e. The number of carbonyl (C=O) groups excluding carboxylic acids is 2. The van der Waals surface area contributed by atoms with Crippen LogP contribution in [0.5, 0.6) is 0 Å². The quantitative estimate of drug-likeness (QED) is 0.592. The Bertz CT molecular complexity index is 565. The third-order valence-electron chi connectivity index (χ3n) is 3.01. The van der Waals surface area contributed by atoms with Crippen LogP contribution in [-0.2, 0) is 4.79 Å². The lowest BCUT2D eigenvalue weighted by molar-refractivity contribution is -0.137. The monoisotopic (exact) mass is 385 g/mol. The van der Waals surface area contributed by atoms with Crippen LogP contribution in [0.1, 0.15) is 23.2 Å². The van der Waals surface area contributed by atoms with E-state index in [1.807, 2.05) is 6.07 Å². The van der Waals surface area contributed by atoms with E-state index in [2.05, 4.69) is 26.6 Å². The number of rotatable bonds is 8. The molecule has 0 fully saturated rings. The number of benzene rings is 1. The van der Waals surface area contributed by atoms with Gasteiger partial charge in [0.1, 0.15) is 0 Å². The third-order valence-corrected chi connectivity index (χ3v) is 3.50. The molecule has 0 atom stereocenters. The first kappa shape index (κ1) is 19.0. The SMILES string of the molecule is CN(CCC(=O)O)C(=O)NCCCNC(=O)c1cccc(Br)c1. The number of hydrogen-bond donors (Lipinski definition) is 3. The summed E-state index contributed by atoms with van der Waals surface area (Å²) in [6.07, 6.45) is 0.491. The van der Waals surface area contributed by atoms with Gasteiger partial charge in [-0.15, -0.1) is 0 Å². The Morgan fingerprint density at radius 3 is 2.57 bits per heavy atom. The van der Waals surface area contributed by atoms with Crippen LogP contribution in [0.4, 0.5) is 4.79 Å². The van der Waals surface area contributed by atoms with Crippen molar-refractivity contribution in [2.45, 2.75) is 12.8 Å². The second-order valence-electron chi connectivity index (χ2n) is 4.92. The first-order valence-electron chi connectivity index (χ1n) is 7.14. The van der Waals surface area contributed by atoms with Gasteiger partial charge in [0, 0.05) is 36.7 Å². The number of carboxylic acid groups (broad SMARTS) is 1. The van der Waals surface area contributed by atoms with Crippen LogP contribution in [0, 0.1) is 0 Å². The van der Waals surface area contributed by atoms with Gasteiger partial charge in [0.2, 0.25) is 0 Å². The molecule has 1 aromatic carbocycles. The van der Waals surface area contributed by atoms with Gasteiger partial charge in [-0.3, -0.25) is 9.59 Å². The molecule has 0 saturated carbocycles. The topological polar surface area (TPSA) is 98.7 Å². The van der Waals surface area contributed by atoms with E-state index in [9.17, 15) is 14.4 Å². The summed E-state index contributed by atoms with van der Waals surface area (Å²) < 4.78 is 0.835. The summed E-state index contributed by atoms with van der Waals surface area (Å²) in [6, 6.07) is 6.75. The lowest BCUT2D eigenvalue weighted by Crippen LogP contribution is -2.39. The first-order valence-corrected chi connectivity index (χ1v) is 7.94. The molecule has 23 heavy (non-hydrogen) atoms. The molecule has 0 spiro atoms. The van der Waals surface area contributed by atoms with Gasteiger partial charge in [0.05, 0.1) is 6.42 Å². The molecule has 3 amide bonds. The fourth-order valence-corrected chi connectivity index (χ4v) is 2.12. The molecule has 1 aromatic rings. The Hall–Kier alpha value is -2.09. The molecular formula is C15H20BrN3O4. The highest BCUT2D eigenvalue weighted by Gasteiger charge is 2.09. The molecule has 0 heterocycles. The number of urea groups is 1. The maximum Gasteiger partial charge on any atom is 0.317 e. The number of halogens is 1. The van der Waals surface area contributed by atoms with Crippen molar-refractivity contribution in [2.75, 3.05) is 26.7 Å². The van der Waals surface area contributed by atoms with Crippen molar-refractivity contribution in [3.8, 4) is 0 Å². The molecule has 8 heteroatoms. The molecule has 1 rings (SSSR count). The molecule has 7 nitrogen and oxygen atoms in total. The summed E-state index contributed by atoms with van der Waals surface area (Å²) in [5, 5.41) is 14.0. The summed E-state index contributed by atoms with van der Waals surface area (Å²) in [4.78, 5) is 35.2. The van der Waals surface area contributed by atoms with Crippen LogP contribution in [0.2, 0.25) is 0 Å². The number of hydrogen-bond acceptors (Lipinski definition) is 3. The number of aliphatic carboxylic acids is 1. The molecule has 0 aliphatic heterocycles. The second-order valence-corrected chi connectivity index (χ2v) is 5.83. The van der Waals surface area contributed by atoms with Crippen LogP contribution in [-0.4, -0.2) is 54.6 Å². The fourth-order valence-electron chi connectivity index (χ4n) is 1.72. The smallest absolute Gasteiger partial charge is 0.317 e. The third kappa shape index (κ3) is 7.64. The van der Waals surface area contributed by atoms with Gasteiger partial charge in [-0.2, -0.15) is 0 Å². The lowest BCUT2D eigenvalue weighted by Gasteiger charge is -2.16. The van der Waals surface area contributed by atoms with E-state index < -0.39 is 5.97 Å². The Kier molecular flexibility index (Phi) is 8.10. The van der Waals surface area contributed by atoms with E-state index in [0.717, 1.165) is 4.47 Å². The van der Waals surface area contributed by atoms with Crippen LogP contribution >= 0.6 is 15.9 Å². The summed E-state index contributed by atoms with van der Waals surface area (Å²) >= 11 is 3.31. The molecule has 0 aliphatic rings. The van der Waals surface area contributed by atoms with Gasteiger partial charge in [0.15, 0.2) is 0 Å². The molecule has 126 valence electrons. The lowest BCUT2D eigenvalue weighted by atomic mass is 10.2. The van der Waals surface area contributed by atoms with Gasteiger partial charge < -0.3 is 20.6 Å². The average Bonchev–Trinajstić information content (AvgIpc) is 2.51. The highest BCUT2D eigenvalue weighted by Crippen LogP contribution is 2.11. The highest BCUT2D eigenvalue weighted by atomic mass is 79.9. The Morgan fingerprint density at radius 2 is 1.91 bits per heavy atom. The molecule has 0 unspecified atom stereocenters. The maximum atomic E-state index is 11.9. The van der Waals surface area contributed by atoms with Crippen LogP contribution in [0.3, 0.4) is 0 Å². The minimum absolute atomic E-state index is 0.0907. The summed E-state index contributed by atoms with van der Waals surface area (Å²) in [5.74, 6) is -1.11. The Balaban J connectivity index is 2.18. The van der Waals surface area contributed by atoms with Crippen molar-refractivity contribution in [2.24, 2.45) is 0 Å². The average molecular weight is 386 g/mol. The van der Waals surface area contributed by atoms with Crippen LogP contribution < -0.4 is 10.6 Å². The molecule has 0 saturated heterocycles. The van der Waals surface area contributed by atoms with Gasteiger partial charge >= 0.3 is 12.0 Å². The standard InChI is InChI=1S/C15H20BrN3O4/c1-19(9-6-13(20)21)15(23)18-8-3-7-17-14(22)11-4-2-5-12(16)10-11/h2,4-5,10H,3,6-9H2,1H3,(H,17,22)(H,18,23)(H,20,21). The van der Waals surface area contributed by atoms with Gasteiger partial charge in [-0.05, 0) is 24.6 Å². The van der Waals surface area contributed by atoms with E-state index in [1.54, 1.807) is 18.2 Å². The molecule has 0 aromatic heterocycles. The number of nitrogens with one attached hydrogen (secondary N) is 2. The predicted molar refractivity (Wildman–Crippen MR) is 89.4 cm³/mol. The van der Waals surface area contributed by atoms with Gasteiger partial charge in [-0.25, -0.2) is 4.79 Å². The number of carboxylic acids is 1. The maximum absolute atomic E-state index is 11.9. The van der Waals surface area contributed by atoms with E-state index in [4.69, 9.17) is 5.11 Å². The zero-order valence-electron chi connectivity index (χ0n) is 12.8. The van der Waals surface area contributed by atoms with E-state index in [0.29, 0.717) is 25.1 Å². The van der Waals surface area contributed by atoms with Crippen molar-refractivity contribution < 1.29 is 19.5 Å². The number of nitrogens with zero attached hydrogens (tertiary/aromatic N) is 1. The zero-order valence-corrected chi connectivity index (χ0v) is 14.4. The molecule has 3 N–H and O–H groups in total. The van der Waals surface area contributed by atoms with Crippen molar-refractivity contribution in [3.05, 3.63) is 34.3 Å². The summed E-state index contributed by atoms with van der Waals surface area (Å²) in [7, 11) is 1.54. The van der Waals surface area contributed by atoms with Crippen LogP contribution in [0.25, 0.3) is 0 Å². The van der Waals surface area contributed by atoms with Gasteiger partial charge in [0.25, 0.3) is 5.91 Å². The number of carbonyl (C=O) groups is 3. The Labute approximate surface area is 143 Å². The molecule has 0 radical (unpaired) electrons. The highest BCUT2D eigenvalue weighted by molar-refractivity contribution is 9.10. The number of amides is 3.